The zero-order chi connectivity index (χ0) is 17.5. The molecule has 0 aromatic heterocycles. The number of carbonyl (C=O) groups is 1. The summed E-state index contributed by atoms with van der Waals surface area (Å²) in [4.78, 5) is 12.6. The molecule has 0 saturated heterocycles. The first-order valence-electron chi connectivity index (χ1n) is 8.24. The van der Waals surface area contributed by atoms with Crippen LogP contribution in [0.25, 0.3) is 0 Å². The highest BCUT2D eigenvalue weighted by Crippen LogP contribution is 2.30. The van der Waals surface area contributed by atoms with E-state index in [1.165, 1.54) is 0 Å². The van der Waals surface area contributed by atoms with Crippen LogP contribution in [0.3, 0.4) is 0 Å². The molecule has 0 heterocycles. The molecule has 24 heavy (non-hydrogen) atoms. The molecule has 0 bridgehead atoms. The number of hydrogen-bond donors (Lipinski definition) is 1. The zero-order valence-electron chi connectivity index (χ0n) is 14.8. The van der Waals surface area contributed by atoms with Crippen molar-refractivity contribution in [1.82, 2.24) is 0 Å². The lowest BCUT2D eigenvalue weighted by Crippen LogP contribution is -2.13. The van der Waals surface area contributed by atoms with Gasteiger partial charge in [-0.15, -0.1) is 0 Å². The molecule has 2 rings (SSSR count). The fourth-order valence-corrected chi connectivity index (χ4v) is 2.26. The average molecular weight is 327 g/mol. The van der Waals surface area contributed by atoms with E-state index in [0.29, 0.717) is 29.4 Å². The number of ether oxygens (including phenoxy) is 2. The number of rotatable bonds is 7. The van der Waals surface area contributed by atoms with Gasteiger partial charge in [0.05, 0.1) is 19.4 Å². The molecule has 0 unspecified atom stereocenters. The Kier molecular flexibility index (Phi) is 6.24. The largest absolute Gasteiger partial charge is 0.497 e. The predicted octanol–water partition coefficient (Wildman–Crippen LogP) is 4.74. The van der Waals surface area contributed by atoms with Crippen molar-refractivity contribution in [2.45, 2.75) is 33.6 Å². The Bertz CT molecular complexity index is 710. The molecule has 0 spiro atoms. The maximum Gasteiger partial charge on any atom is 0.255 e. The molecule has 0 atom stereocenters. The van der Waals surface area contributed by atoms with E-state index < -0.39 is 0 Å². The minimum Gasteiger partial charge on any atom is -0.497 e. The summed E-state index contributed by atoms with van der Waals surface area (Å²) < 4.78 is 11.0. The number of amides is 1. The zero-order valence-corrected chi connectivity index (χ0v) is 14.8. The molecule has 0 radical (unpaired) electrons. The van der Waals surface area contributed by atoms with Gasteiger partial charge in [0.1, 0.15) is 11.5 Å². The standard InChI is InChI=1S/C20H25NO3/c1-5-6-11-24-19-10-9-17(23-4)13-18(19)21-20(22)16-8-7-14(2)15(3)12-16/h7-10,12-13H,5-6,11H2,1-4H3,(H,21,22). The Balaban J connectivity index is 2.22. The second kappa shape index (κ2) is 8.39. The first-order chi connectivity index (χ1) is 11.5. The molecular weight excluding hydrogens is 302 g/mol. The van der Waals surface area contributed by atoms with E-state index in [1.54, 1.807) is 13.2 Å². The van der Waals surface area contributed by atoms with Crippen molar-refractivity contribution in [2.75, 3.05) is 19.0 Å². The van der Waals surface area contributed by atoms with Gasteiger partial charge in [0.15, 0.2) is 0 Å². The molecule has 0 aliphatic heterocycles. The van der Waals surface area contributed by atoms with E-state index in [-0.39, 0.29) is 5.91 Å². The van der Waals surface area contributed by atoms with Gasteiger partial charge in [-0.1, -0.05) is 19.4 Å². The van der Waals surface area contributed by atoms with Crippen LogP contribution >= 0.6 is 0 Å². The molecule has 128 valence electrons. The van der Waals surface area contributed by atoms with E-state index >= 15 is 0 Å². The van der Waals surface area contributed by atoms with Crippen molar-refractivity contribution in [3.63, 3.8) is 0 Å². The molecule has 0 aliphatic carbocycles. The lowest BCUT2D eigenvalue weighted by Gasteiger charge is -2.14. The van der Waals surface area contributed by atoms with E-state index in [9.17, 15) is 4.79 Å². The number of unbranched alkanes of at least 4 members (excludes halogenated alkanes) is 1. The molecule has 2 aromatic carbocycles. The Hall–Kier alpha value is -2.49. The highest BCUT2D eigenvalue weighted by Gasteiger charge is 2.12. The number of aryl methyl sites for hydroxylation is 2. The fourth-order valence-electron chi connectivity index (χ4n) is 2.26. The second-order valence-corrected chi connectivity index (χ2v) is 5.82. The fraction of sp³-hybridized carbons (Fsp3) is 0.350. The first-order valence-corrected chi connectivity index (χ1v) is 8.24. The van der Waals surface area contributed by atoms with Crippen molar-refractivity contribution in [1.29, 1.82) is 0 Å². The van der Waals surface area contributed by atoms with E-state index in [1.807, 2.05) is 44.2 Å². The van der Waals surface area contributed by atoms with Gasteiger partial charge < -0.3 is 14.8 Å². The number of benzene rings is 2. The van der Waals surface area contributed by atoms with Gasteiger partial charge in [0.25, 0.3) is 5.91 Å². The lowest BCUT2D eigenvalue weighted by atomic mass is 10.1. The van der Waals surface area contributed by atoms with Crippen LogP contribution in [0.1, 0.15) is 41.3 Å². The van der Waals surface area contributed by atoms with Gasteiger partial charge >= 0.3 is 0 Å². The number of methoxy groups -OCH3 is 1. The van der Waals surface area contributed by atoms with E-state index in [4.69, 9.17) is 9.47 Å². The number of carbonyl (C=O) groups excluding carboxylic acids is 1. The van der Waals surface area contributed by atoms with Crippen LogP contribution < -0.4 is 14.8 Å². The minimum absolute atomic E-state index is 0.160. The highest BCUT2D eigenvalue weighted by molar-refractivity contribution is 6.05. The van der Waals surface area contributed by atoms with Crippen LogP contribution in [0.4, 0.5) is 5.69 Å². The molecule has 0 fully saturated rings. The summed E-state index contributed by atoms with van der Waals surface area (Å²) in [6.45, 7) is 6.75. The summed E-state index contributed by atoms with van der Waals surface area (Å²) in [5.74, 6) is 1.17. The summed E-state index contributed by atoms with van der Waals surface area (Å²) >= 11 is 0. The summed E-state index contributed by atoms with van der Waals surface area (Å²) in [5, 5.41) is 2.93. The van der Waals surface area contributed by atoms with Gasteiger partial charge in [0.2, 0.25) is 0 Å². The normalized spacial score (nSPS) is 10.3. The monoisotopic (exact) mass is 327 g/mol. The maximum absolute atomic E-state index is 12.6. The molecule has 1 N–H and O–H groups in total. The van der Waals surface area contributed by atoms with Gasteiger partial charge in [-0.05, 0) is 55.7 Å². The van der Waals surface area contributed by atoms with Crippen molar-refractivity contribution < 1.29 is 14.3 Å². The molecule has 1 amide bonds. The topological polar surface area (TPSA) is 47.6 Å². The second-order valence-electron chi connectivity index (χ2n) is 5.82. The van der Waals surface area contributed by atoms with Crippen LogP contribution in [-0.2, 0) is 0 Å². The van der Waals surface area contributed by atoms with Crippen molar-refractivity contribution >= 4 is 11.6 Å². The molecule has 2 aromatic rings. The van der Waals surface area contributed by atoms with Gasteiger partial charge in [-0.3, -0.25) is 4.79 Å². The van der Waals surface area contributed by atoms with Crippen molar-refractivity contribution in [2.24, 2.45) is 0 Å². The number of hydrogen-bond acceptors (Lipinski definition) is 3. The molecule has 4 nitrogen and oxygen atoms in total. The number of anilines is 1. The SMILES string of the molecule is CCCCOc1ccc(OC)cc1NC(=O)c1ccc(C)c(C)c1. The quantitative estimate of drug-likeness (QED) is 0.747. The average Bonchev–Trinajstić information content (AvgIpc) is 2.58. The summed E-state index contributed by atoms with van der Waals surface area (Å²) in [5.41, 5.74) is 3.50. The van der Waals surface area contributed by atoms with E-state index in [0.717, 1.165) is 24.0 Å². The molecule has 4 heteroatoms. The third-order valence-electron chi connectivity index (χ3n) is 3.96. The maximum atomic E-state index is 12.6. The van der Waals surface area contributed by atoms with Crippen molar-refractivity contribution in [3.05, 3.63) is 53.1 Å². The van der Waals surface area contributed by atoms with Gasteiger partial charge in [0, 0.05) is 11.6 Å². The van der Waals surface area contributed by atoms with Crippen LogP contribution in [0.15, 0.2) is 36.4 Å². The molecular formula is C20H25NO3. The Morgan fingerprint density at radius 3 is 2.54 bits per heavy atom. The Morgan fingerprint density at radius 2 is 1.88 bits per heavy atom. The smallest absolute Gasteiger partial charge is 0.255 e. The third-order valence-corrected chi connectivity index (χ3v) is 3.96. The molecule has 0 saturated carbocycles. The molecule has 0 aliphatic rings. The third kappa shape index (κ3) is 4.51. The highest BCUT2D eigenvalue weighted by atomic mass is 16.5. The van der Waals surface area contributed by atoms with Gasteiger partial charge in [-0.25, -0.2) is 0 Å². The van der Waals surface area contributed by atoms with Crippen LogP contribution in [0.5, 0.6) is 11.5 Å². The van der Waals surface area contributed by atoms with Crippen LogP contribution in [-0.4, -0.2) is 19.6 Å². The van der Waals surface area contributed by atoms with E-state index in [2.05, 4.69) is 12.2 Å². The van der Waals surface area contributed by atoms with Crippen LogP contribution in [0, 0.1) is 13.8 Å². The van der Waals surface area contributed by atoms with Gasteiger partial charge in [-0.2, -0.15) is 0 Å². The summed E-state index contributed by atoms with van der Waals surface area (Å²) in [7, 11) is 1.60. The first kappa shape index (κ1) is 17.9. The lowest BCUT2D eigenvalue weighted by molar-refractivity contribution is 0.102. The summed E-state index contributed by atoms with van der Waals surface area (Å²) in [6, 6.07) is 11.1. The van der Waals surface area contributed by atoms with Crippen molar-refractivity contribution in [3.8, 4) is 11.5 Å². The summed E-state index contributed by atoms with van der Waals surface area (Å²) in [6.07, 6.45) is 2.02. The number of nitrogens with one attached hydrogen (secondary N) is 1. The Morgan fingerprint density at radius 1 is 1.08 bits per heavy atom. The minimum atomic E-state index is -0.160. The Labute approximate surface area is 143 Å². The predicted molar refractivity (Wildman–Crippen MR) is 97.3 cm³/mol. The van der Waals surface area contributed by atoms with Crippen LogP contribution in [0.2, 0.25) is 0 Å².